The standard InChI is InChI=1S/C10H9FN4O2/c1-6-4-10(12)13-14(6)9-5-7(15(16)17)2-3-8(9)11/h2-5H,1H3,(H2,12,13). The van der Waals surface area contributed by atoms with Crippen molar-refractivity contribution in [1.29, 1.82) is 0 Å². The van der Waals surface area contributed by atoms with Crippen molar-refractivity contribution >= 4 is 11.5 Å². The fourth-order valence-electron chi connectivity index (χ4n) is 1.52. The first-order valence-electron chi connectivity index (χ1n) is 4.75. The predicted octanol–water partition coefficient (Wildman–Crippen LogP) is 1.81. The highest BCUT2D eigenvalue weighted by molar-refractivity contribution is 5.46. The Morgan fingerprint density at radius 1 is 1.47 bits per heavy atom. The summed E-state index contributed by atoms with van der Waals surface area (Å²) in [6, 6.07) is 4.80. The normalized spacial score (nSPS) is 10.5. The van der Waals surface area contributed by atoms with Crippen molar-refractivity contribution in [1.82, 2.24) is 9.78 Å². The summed E-state index contributed by atoms with van der Waals surface area (Å²) in [6.07, 6.45) is 0. The summed E-state index contributed by atoms with van der Waals surface area (Å²) >= 11 is 0. The number of hydrogen-bond donors (Lipinski definition) is 1. The highest BCUT2D eigenvalue weighted by Crippen LogP contribution is 2.22. The second kappa shape index (κ2) is 3.85. The SMILES string of the molecule is Cc1cc(N)nn1-c1cc([N+](=O)[O-])ccc1F. The van der Waals surface area contributed by atoms with Gasteiger partial charge in [-0.1, -0.05) is 0 Å². The van der Waals surface area contributed by atoms with Crippen LogP contribution in [0.15, 0.2) is 24.3 Å². The van der Waals surface area contributed by atoms with Crippen LogP contribution in [0.1, 0.15) is 5.69 Å². The Hall–Kier alpha value is -2.44. The van der Waals surface area contributed by atoms with Gasteiger partial charge in [0.2, 0.25) is 0 Å². The maximum atomic E-state index is 13.6. The molecule has 2 rings (SSSR count). The third-order valence-corrected chi connectivity index (χ3v) is 2.28. The van der Waals surface area contributed by atoms with E-state index < -0.39 is 10.7 Å². The molecule has 0 fully saturated rings. The molecule has 1 aromatic carbocycles. The molecule has 0 aliphatic heterocycles. The zero-order valence-corrected chi connectivity index (χ0v) is 8.92. The number of aryl methyl sites for hydroxylation is 1. The molecule has 1 aromatic heterocycles. The van der Waals surface area contributed by atoms with E-state index in [0.717, 1.165) is 18.2 Å². The molecular formula is C10H9FN4O2. The average Bonchev–Trinajstić information content (AvgIpc) is 2.58. The fraction of sp³-hybridized carbons (Fsp3) is 0.100. The van der Waals surface area contributed by atoms with Crippen molar-refractivity contribution in [2.24, 2.45) is 0 Å². The molecular weight excluding hydrogens is 227 g/mol. The van der Waals surface area contributed by atoms with Gasteiger partial charge in [0.25, 0.3) is 5.69 Å². The summed E-state index contributed by atoms with van der Waals surface area (Å²) in [7, 11) is 0. The molecule has 2 aromatic rings. The summed E-state index contributed by atoms with van der Waals surface area (Å²) in [6.45, 7) is 1.68. The van der Waals surface area contributed by atoms with E-state index in [2.05, 4.69) is 5.10 Å². The molecule has 0 atom stereocenters. The van der Waals surface area contributed by atoms with Crippen molar-refractivity contribution in [2.75, 3.05) is 5.73 Å². The fourth-order valence-corrected chi connectivity index (χ4v) is 1.52. The van der Waals surface area contributed by atoms with Gasteiger partial charge < -0.3 is 5.73 Å². The number of benzene rings is 1. The van der Waals surface area contributed by atoms with Crippen molar-refractivity contribution in [2.45, 2.75) is 6.92 Å². The lowest BCUT2D eigenvalue weighted by Gasteiger charge is -2.05. The third-order valence-electron chi connectivity index (χ3n) is 2.28. The Labute approximate surface area is 95.6 Å². The summed E-state index contributed by atoms with van der Waals surface area (Å²) < 4.78 is 14.8. The first kappa shape index (κ1) is 11.1. The molecule has 1 heterocycles. The van der Waals surface area contributed by atoms with Crippen molar-refractivity contribution in [3.8, 4) is 5.69 Å². The molecule has 17 heavy (non-hydrogen) atoms. The van der Waals surface area contributed by atoms with Gasteiger partial charge in [-0.05, 0) is 13.0 Å². The minimum absolute atomic E-state index is 0.00778. The van der Waals surface area contributed by atoms with Crippen molar-refractivity contribution in [3.05, 3.63) is 45.9 Å². The van der Waals surface area contributed by atoms with Crippen LogP contribution in [0.25, 0.3) is 5.69 Å². The van der Waals surface area contributed by atoms with Crippen LogP contribution >= 0.6 is 0 Å². The van der Waals surface area contributed by atoms with Crippen molar-refractivity contribution in [3.63, 3.8) is 0 Å². The van der Waals surface area contributed by atoms with E-state index in [1.54, 1.807) is 13.0 Å². The topological polar surface area (TPSA) is 87.0 Å². The molecule has 0 aliphatic carbocycles. The average molecular weight is 236 g/mol. The van der Waals surface area contributed by atoms with Gasteiger partial charge in [0.05, 0.1) is 4.92 Å². The monoisotopic (exact) mass is 236 g/mol. The molecule has 0 aliphatic rings. The number of nitro benzene ring substituents is 1. The van der Waals surface area contributed by atoms with Crippen LogP contribution in [0, 0.1) is 22.9 Å². The van der Waals surface area contributed by atoms with E-state index >= 15 is 0 Å². The predicted molar refractivity (Wildman–Crippen MR) is 59.3 cm³/mol. The molecule has 0 radical (unpaired) electrons. The summed E-state index contributed by atoms with van der Waals surface area (Å²) in [5.74, 6) is -0.366. The molecule has 2 N–H and O–H groups in total. The van der Waals surface area contributed by atoms with E-state index in [1.807, 2.05) is 0 Å². The molecule has 0 unspecified atom stereocenters. The molecule has 0 saturated carbocycles. The van der Waals surface area contributed by atoms with Gasteiger partial charge in [-0.2, -0.15) is 5.10 Å². The smallest absolute Gasteiger partial charge is 0.271 e. The molecule has 0 amide bonds. The first-order valence-corrected chi connectivity index (χ1v) is 4.75. The number of non-ortho nitro benzene ring substituents is 1. The maximum Gasteiger partial charge on any atom is 0.271 e. The Morgan fingerprint density at radius 3 is 2.71 bits per heavy atom. The van der Waals surface area contributed by atoms with Gasteiger partial charge in [-0.25, -0.2) is 9.07 Å². The Bertz CT molecular complexity index is 594. The van der Waals surface area contributed by atoms with E-state index in [-0.39, 0.29) is 17.2 Å². The summed E-state index contributed by atoms with van der Waals surface area (Å²) in [5.41, 5.74) is 5.88. The summed E-state index contributed by atoms with van der Waals surface area (Å²) in [5, 5.41) is 14.5. The zero-order valence-electron chi connectivity index (χ0n) is 8.92. The van der Waals surface area contributed by atoms with Crippen LogP contribution in [0.4, 0.5) is 15.9 Å². The molecule has 0 saturated heterocycles. The van der Waals surface area contributed by atoms with E-state index in [0.29, 0.717) is 5.69 Å². The van der Waals surface area contributed by atoms with Crippen LogP contribution in [0.5, 0.6) is 0 Å². The number of nitrogens with two attached hydrogens (primary N) is 1. The lowest BCUT2D eigenvalue weighted by Crippen LogP contribution is -2.03. The van der Waals surface area contributed by atoms with Gasteiger partial charge in [0.1, 0.15) is 17.3 Å². The lowest BCUT2D eigenvalue weighted by molar-refractivity contribution is -0.384. The number of hydrogen-bond acceptors (Lipinski definition) is 4. The number of halogens is 1. The number of nitro groups is 1. The molecule has 6 nitrogen and oxygen atoms in total. The molecule has 88 valence electrons. The number of nitrogen functional groups attached to an aromatic ring is 1. The highest BCUT2D eigenvalue weighted by Gasteiger charge is 2.14. The lowest BCUT2D eigenvalue weighted by atomic mass is 10.2. The second-order valence-electron chi connectivity index (χ2n) is 3.52. The third kappa shape index (κ3) is 1.94. The van der Waals surface area contributed by atoms with Crippen LogP contribution in [-0.4, -0.2) is 14.7 Å². The second-order valence-corrected chi connectivity index (χ2v) is 3.52. The van der Waals surface area contributed by atoms with Gasteiger partial charge in [-0.3, -0.25) is 10.1 Å². The molecule has 0 bridgehead atoms. The highest BCUT2D eigenvalue weighted by atomic mass is 19.1. The minimum Gasteiger partial charge on any atom is -0.382 e. The summed E-state index contributed by atoms with van der Waals surface area (Å²) in [4.78, 5) is 10.0. The van der Waals surface area contributed by atoms with E-state index in [4.69, 9.17) is 5.73 Å². The van der Waals surface area contributed by atoms with Crippen LogP contribution < -0.4 is 5.73 Å². The largest absolute Gasteiger partial charge is 0.382 e. The van der Waals surface area contributed by atoms with Crippen LogP contribution in [0.3, 0.4) is 0 Å². The van der Waals surface area contributed by atoms with Gasteiger partial charge in [-0.15, -0.1) is 0 Å². The van der Waals surface area contributed by atoms with E-state index in [1.165, 1.54) is 4.68 Å². The van der Waals surface area contributed by atoms with Crippen LogP contribution in [0.2, 0.25) is 0 Å². The van der Waals surface area contributed by atoms with Crippen molar-refractivity contribution < 1.29 is 9.31 Å². The van der Waals surface area contributed by atoms with Gasteiger partial charge in [0, 0.05) is 23.9 Å². The number of aromatic nitrogens is 2. The Balaban J connectivity index is 2.62. The Kier molecular flexibility index (Phi) is 2.51. The minimum atomic E-state index is -0.596. The zero-order chi connectivity index (χ0) is 12.6. The number of anilines is 1. The van der Waals surface area contributed by atoms with Gasteiger partial charge in [0.15, 0.2) is 0 Å². The quantitative estimate of drug-likeness (QED) is 0.636. The van der Waals surface area contributed by atoms with Gasteiger partial charge >= 0.3 is 0 Å². The first-order chi connectivity index (χ1) is 7.99. The number of rotatable bonds is 2. The Morgan fingerprint density at radius 2 is 2.18 bits per heavy atom. The molecule has 0 spiro atoms. The molecule has 7 heteroatoms. The maximum absolute atomic E-state index is 13.6. The number of nitrogens with zero attached hydrogens (tertiary/aromatic N) is 3. The van der Waals surface area contributed by atoms with Crippen LogP contribution in [-0.2, 0) is 0 Å². The van der Waals surface area contributed by atoms with E-state index in [9.17, 15) is 14.5 Å².